The number of anilines is 1. The summed E-state index contributed by atoms with van der Waals surface area (Å²) in [6.45, 7) is 14.1. The molecule has 1 saturated carbocycles. The Morgan fingerprint density at radius 2 is 1.78 bits per heavy atom. The van der Waals surface area contributed by atoms with Crippen LogP contribution in [0.1, 0.15) is 58.2 Å². The summed E-state index contributed by atoms with van der Waals surface area (Å²) in [6, 6.07) is 9.19. The Labute approximate surface area is 161 Å². The van der Waals surface area contributed by atoms with Crippen LogP contribution in [-0.4, -0.2) is 16.6 Å². The highest BCUT2D eigenvalue weighted by Gasteiger charge is 2.57. The number of fused-ring (bicyclic) bond motifs is 6. The zero-order valence-corrected chi connectivity index (χ0v) is 17.4. The minimum atomic E-state index is 0.192. The molecule has 27 heavy (non-hydrogen) atoms. The molecule has 2 saturated heterocycles. The largest absolute Gasteiger partial charge is 0.436 e. The van der Waals surface area contributed by atoms with Gasteiger partial charge in [-0.15, -0.1) is 0 Å². The summed E-state index contributed by atoms with van der Waals surface area (Å²) < 4.78 is 6.41. The Kier molecular flexibility index (Phi) is 3.34. The second-order valence-electron chi connectivity index (χ2n) is 9.67. The van der Waals surface area contributed by atoms with Gasteiger partial charge < -0.3 is 9.32 Å². The Morgan fingerprint density at radius 3 is 2.52 bits per heavy atom. The van der Waals surface area contributed by atoms with Gasteiger partial charge in [0.25, 0.3) is 0 Å². The van der Waals surface area contributed by atoms with Crippen molar-refractivity contribution in [2.45, 2.75) is 72.4 Å². The standard InChI is InChI=1S/C24H30N2O/c1-14-7-9-18-19-10-8-16(3)25-22(19)27-21(18)20(14)26-17(4)24(6)12-11-23(26,5)13-15(24)2/h7-10,15,17H,11-13H2,1-6H3/t15?,17-,23?,24?/m0/s1. The van der Waals surface area contributed by atoms with Crippen molar-refractivity contribution in [1.29, 1.82) is 0 Å². The highest BCUT2D eigenvalue weighted by molar-refractivity contribution is 6.08. The number of aryl methyl sites for hydroxylation is 2. The van der Waals surface area contributed by atoms with Gasteiger partial charge in [-0.2, -0.15) is 0 Å². The summed E-state index contributed by atoms with van der Waals surface area (Å²) in [5.74, 6) is 0.752. The molecule has 1 aromatic carbocycles. The lowest BCUT2D eigenvalue weighted by molar-refractivity contribution is -0.00496. The number of aromatic nitrogens is 1. The molecule has 6 rings (SSSR count). The fourth-order valence-electron chi connectivity index (χ4n) is 6.04. The summed E-state index contributed by atoms with van der Waals surface area (Å²) in [6.07, 6.45) is 3.82. The third-order valence-corrected chi connectivity index (χ3v) is 8.06. The van der Waals surface area contributed by atoms with Crippen LogP contribution >= 0.6 is 0 Å². The Balaban J connectivity index is 1.80. The van der Waals surface area contributed by atoms with Gasteiger partial charge in [0.15, 0.2) is 5.58 Å². The predicted octanol–water partition coefficient (Wildman–Crippen LogP) is 6.39. The molecule has 3 fully saturated rings. The molecular formula is C24H30N2O. The maximum atomic E-state index is 6.41. The lowest BCUT2D eigenvalue weighted by atomic mass is 9.54. The number of piperidine rings is 2. The third-order valence-electron chi connectivity index (χ3n) is 8.06. The molecule has 3 heteroatoms. The average molecular weight is 363 g/mol. The van der Waals surface area contributed by atoms with Crippen molar-refractivity contribution in [3.8, 4) is 0 Å². The second kappa shape index (κ2) is 5.27. The molecule has 2 aliphatic heterocycles. The Bertz CT molecular complexity index is 1070. The lowest BCUT2D eigenvalue weighted by Crippen LogP contribution is -2.68. The lowest BCUT2D eigenvalue weighted by Gasteiger charge is -2.65. The molecule has 0 amide bonds. The van der Waals surface area contributed by atoms with Gasteiger partial charge in [-0.3, -0.25) is 0 Å². The molecule has 1 aliphatic carbocycles. The molecule has 2 aromatic heterocycles. The van der Waals surface area contributed by atoms with Crippen LogP contribution in [0, 0.1) is 25.2 Å². The van der Waals surface area contributed by atoms with Crippen molar-refractivity contribution in [3.05, 3.63) is 35.5 Å². The topological polar surface area (TPSA) is 29.3 Å². The van der Waals surface area contributed by atoms with Gasteiger partial charge in [-0.05, 0) is 76.0 Å². The van der Waals surface area contributed by atoms with Crippen molar-refractivity contribution < 1.29 is 4.42 Å². The quantitative estimate of drug-likeness (QED) is 0.502. The summed E-state index contributed by atoms with van der Waals surface area (Å²) >= 11 is 0. The van der Waals surface area contributed by atoms with Crippen LogP contribution in [0.2, 0.25) is 0 Å². The number of benzene rings is 1. The molecule has 3 aromatic rings. The van der Waals surface area contributed by atoms with E-state index >= 15 is 0 Å². The van der Waals surface area contributed by atoms with Crippen molar-refractivity contribution >= 4 is 27.8 Å². The van der Waals surface area contributed by atoms with Crippen LogP contribution in [0.15, 0.2) is 28.7 Å². The zero-order valence-electron chi connectivity index (χ0n) is 17.4. The van der Waals surface area contributed by atoms with Gasteiger partial charge in [0.05, 0.1) is 5.69 Å². The van der Waals surface area contributed by atoms with Gasteiger partial charge in [0.1, 0.15) is 0 Å². The fraction of sp³-hybridized carbons (Fsp3) is 0.542. The second-order valence-corrected chi connectivity index (χ2v) is 9.67. The van der Waals surface area contributed by atoms with Crippen LogP contribution in [0.5, 0.6) is 0 Å². The first-order valence-electron chi connectivity index (χ1n) is 10.3. The summed E-state index contributed by atoms with van der Waals surface area (Å²) in [5.41, 5.74) is 5.91. The van der Waals surface area contributed by atoms with E-state index in [1.54, 1.807) is 0 Å². The van der Waals surface area contributed by atoms with E-state index in [1.165, 1.54) is 35.9 Å². The first kappa shape index (κ1) is 17.1. The number of rotatable bonds is 1. The molecule has 142 valence electrons. The molecular weight excluding hydrogens is 332 g/mol. The van der Waals surface area contributed by atoms with Crippen LogP contribution in [0.4, 0.5) is 5.69 Å². The Hall–Kier alpha value is -2.03. The van der Waals surface area contributed by atoms with E-state index in [9.17, 15) is 0 Å². The molecule has 4 heterocycles. The summed E-state index contributed by atoms with van der Waals surface area (Å²) in [5, 5.41) is 2.31. The van der Waals surface area contributed by atoms with Crippen LogP contribution in [0.25, 0.3) is 22.1 Å². The normalized spacial score (nSPS) is 33.3. The molecule has 3 nitrogen and oxygen atoms in total. The maximum Gasteiger partial charge on any atom is 0.227 e. The highest BCUT2D eigenvalue weighted by Crippen LogP contribution is 2.59. The monoisotopic (exact) mass is 362 g/mol. The van der Waals surface area contributed by atoms with Gasteiger partial charge in [0.2, 0.25) is 5.71 Å². The molecule has 0 spiro atoms. The van der Waals surface area contributed by atoms with Crippen molar-refractivity contribution in [3.63, 3.8) is 0 Å². The minimum Gasteiger partial charge on any atom is -0.436 e. The van der Waals surface area contributed by atoms with Gasteiger partial charge in [0, 0.05) is 28.0 Å². The zero-order chi connectivity index (χ0) is 19.1. The average Bonchev–Trinajstić information content (AvgIpc) is 2.97. The van der Waals surface area contributed by atoms with Crippen molar-refractivity contribution in [1.82, 2.24) is 4.98 Å². The third kappa shape index (κ3) is 2.11. The van der Waals surface area contributed by atoms with Crippen LogP contribution in [0.3, 0.4) is 0 Å². The maximum absolute atomic E-state index is 6.41. The predicted molar refractivity (Wildman–Crippen MR) is 112 cm³/mol. The van der Waals surface area contributed by atoms with Crippen molar-refractivity contribution in [2.24, 2.45) is 11.3 Å². The van der Waals surface area contributed by atoms with Crippen molar-refractivity contribution in [2.75, 3.05) is 4.90 Å². The van der Waals surface area contributed by atoms with Gasteiger partial charge in [-0.1, -0.05) is 26.0 Å². The molecule has 3 unspecified atom stereocenters. The molecule has 3 aliphatic rings. The van der Waals surface area contributed by atoms with E-state index in [2.05, 4.69) is 68.8 Å². The first-order chi connectivity index (χ1) is 12.7. The molecule has 4 atom stereocenters. The minimum absolute atomic E-state index is 0.192. The van der Waals surface area contributed by atoms with Crippen LogP contribution in [-0.2, 0) is 0 Å². The molecule has 0 N–H and O–H groups in total. The summed E-state index contributed by atoms with van der Waals surface area (Å²) in [7, 11) is 0. The SMILES string of the molecule is Cc1ccc2c(n1)oc1c(N3[C@@H](C)C4(C)CCC3(C)CC4C)c(C)ccc12. The van der Waals surface area contributed by atoms with E-state index in [1.807, 2.05) is 6.92 Å². The number of hydrogen-bond donors (Lipinski definition) is 0. The smallest absolute Gasteiger partial charge is 0.227 e. The first-order valence-corrected chi connectivity index (χ1v) is 10.3. The Morgan fingerprint density at radius 1 is 1.04 bits per heavy atom. The fourth-order valence-corrected chi connectivity index (χ4v) is 6.04. The number of pyridine rings is 1. The van der Waals surface area contributed by atoms with Crippen LogP contribution < -0.4 is 4.90 Å². The summed E-state index contributed by atoms with van der Waals surface area (Å²) in [4.78, 5) is 7.37. The van der Waals surface area contributed by atoms with E-state index < -0.39 is 0 Å². The molecule has 2 bridgehead atoms. The molecule has 0 radical (unpaired) electrons. The van der Waals surface area contributed by atoms with E-state index in [0.717, 1.165) is 28.3 Å². The van der Waals surface area contributed by atoms with E-state index in [4.69, 9.17) is 4.42 Å². The van der Waals surface area contributed by atoms with E-state index in [0.29, 0.717) is 11.5 Å². The number of nitrogens with zero attached hydrogens (tertiary/aromatic N) is 2. The van der Waals surface area contributed by atoms with Gasteiger partial charge in [-0.25, -0.2) is 4.98 Å². The van der Waals surface area contributed by atoms with E-state index in [-0.39, 0.29) is 5.54 Å². The number of furan rings is 1. The highest BCUT2D eigenvalue weighted by atomic mass is 16.3. The number of hydrogen-bond acceptors (Lipinski definition) is 3. The van der Waals surface area contributed by atoms with Gasteiger partial charge >= 0.3 is 0 Å².